The van der Waals surface area contributed by atoms with Gasteiger partial charge in [-0.2, -0.15) is 0 Å². The molecule has 0 radical (unpaired) electrons. The summed E-state index contributed by atoms with van der Waals surface area (Å²) >= 11 is 0. The van der Waals surface area contributed by atoms with E-state index in [1.54, 1.807) is 10.6 Å². The van der Waals surface area contributed by atoms with Crippen LogP contribution in [0.2, 0.25) is 0 Å². The number of hydrazine groups is 1. The number of nitrogens with one attached hydrogen (secondary N) is 3. The van der Waals surface area contributed by atoms with Crippen LogP contribution in [-0.4, -0.2) is 28.6 Å². The van der Waals surface area contributed by atoms with E-state index in [2.05, 4.69) is 30.0 Å². The summed E-state index contributed by atoms with van der Waals surface area (Å²) < 4.78 is 6.79. The standard InChI is InChI=1S/C18H26N4O3/c1-11(10-22-15-6-4-5-7-16(15)25-18(22)24)19-17(23)9-8-14-12(2)20-21-13(14)3/h4-7,11-14,20-21H,8-10H2,1-3H3,(H,19,23)/t11-,12?,13?,14?/m1/s1. The number of para-hydroxylation sites is 2. The summed E-state index contributed by atoms with van der Waals surface area (Å²) in [4.78, 5) is 24.2. The van der Waals surface area contributed by atoms with E-state index in [1.165, 1.54) is 0 Å². The number of hydrogen-bond acceptors (Lipinski definition) is 5. The lowest BCUT2D eigenvalue weighted by Crippen LogP contribution is -2.38. The molecule has 1 amide bonds. The fraction of sp³-hybridized carbons (Fsp3) is 0.556. The van der Waals surface area contributed by atoms with Crippen LogP contribution in [0.3, 0.4) is 0 Å². The maximum atomic E-state index is 12.2. The van der Waals surface area contributed by atoms with E-state index in [0.29, 0.717) is 36.6 Å². The minimum Gasteiger partial charge on any atom is -0.408 e. The average Bonchev–Trinajstić information content (AvgIpc) is 3.05. The molecular weight excluding hydrogens is 320 g/mol. The molecule has 0 aliphatic carbocycles. The molecular formula is C18H26N4O3. The molecule has 2 aromatic rings. The number of amides is 1. The zero-order chi connectivity index (χ0) is 18.0. The predicted octanol–water partition coefficient (Wildman–Crippen LogP) is 1.38. The number of oxazole rings is 1. The number of hydrogen-bond donors (Lipinski definition) is 3. The van der Waals surface area contributed by atoms with Gasteiger partial charge in [-0.3, -0.25) is 20.2 Å². The van der Waals surface area contributed by atoms with E-state index < -0.39 is 5.76 Å². The largest absolute Gasteiger partial charge is 0.420 e. The number of rotatable bonds is 6. The Bertz CT molecular complexity index is 787. The highest BCUT2D eigenvalue weighted by Gasteiger charge is 2.29. The van der Waals surface area contributed by atoms with Gasteiger partial charge in [0.1, 0.15) is 0 Å². The highest BCUT2D eigenvalue weighted by Crippen LogP contribution is 2.20. The third-order valence-electron chi connectivity index (χ3n) is 4.97. The Labute approximate surface area is 146 Å². The fourth-order valence-corrected chi connectivity index (χ4v) is 3.56. The van der Waals surface area contributed by atoms with Crippen molar-refractivity contribution in [3.05, 3.63) is 34.8 Å². The molecule has 1 fully saturated rings. The first-order valence-corrected chi connectivity index (χ1v) is 8.84. The first-order valence-electron chi connectivity index (χ1n) is 8.84. The van der Waals surface area contributed by atoms with Crippen molar-refractivity contribution in [2.24, 2.45) is 5.92 Å². The van der Waals surface area contributed by atoms with Crippen LogP contribution in [-0.2, 0) is 11.3 Å². The lowest BCUT2D eigenvalue weighted by atomic mass is 9.91. The minimum atomic E-state index is -0.395. The SMILES string of the molecule is CC1NNC(C)C1CCC(=O)N[C@H](C)Cn1c(=O)oc2ccccc21. The van der Waals surface area contributed by atoms with E-state index in [1.807, 2.05) is 25.1 Å². The molecule has 1 aliphatic rings. The predicted molar refractivity (Wildman–Crippen MR) is 96.0 cm³/mol. The van der Waals surface area contributed by atoms with E-state index >= 15 is 0 Å². The number of nitrogens with zero attached hydrogens (tertiary/aromatic N) is 1. The van der Waals surface area contributed by atoms with Crippen molar-refractivity contribution in [3.63, 3.8) is 0 Å². The van der Waals surface area contributed by atoms with Crippen molar-refractivity contribution in [2.45, 2.75) is 58.3 Å². The van der Waals surface area contributed by atoms with E-state index in [-0.39, 0.29) is 11.9 Å². The van der Waals surface area contributed by atoms with Crippen LogP contribution in [0.25, 0.3) is 11.1 Å². The van der Waals surface area contributed by atoms with Crippen LogP contribution in [0.1, 0.15) is 33.6 Å². The van der Waals surface area contributed by atoms with Crippen molar-refractivity contribution < 1.29 is 9.21 Å². The van der Waals surface area contributed by atoms with Gasteiger partial charge in [0.25, 0.3) is 0 Å². The molecule has 1 aliphatic heterocycles. The number of carbonyl (C=O) groups excluding carboxylic acids is 1. The Morgan fingerprint density at radius 3 is 2.68 bits per heavy atom. The summed E-state index contributed by atoms with van der Waals surface area (Å²) in [6, 6.07) is 7.87. The molecule has 7 heteroatoms. The van der Waals surface area contributed by atoms with Crippen molar-refractivity contribution in [1.82, 2.24) is 20.7 Å². The number of benzene rings is 1. The topological polar surface area (TPSA) is 88.3 Å². The van der Waals surface area contributed by atoms with Gasteiger partial charge in [0.2, 0.25) is 5.91 Å². The molecule has 0 bridgehead atoms. The average molecular weight is 346 g/mol. The summed E-state index contributed by atoms with van der Waals surface area (Å²) in [5, 5.41) is 2.98. The second-order valence-corrected chi connectivity index (χ2v) is 6.98. The molecule has 1 aromatic carbocycles. The van der Waals surface area contributed by atoms with Gasteiger partial charge in [0.05, 0.1) is 5.52 Å². The zero-order valence-corrected chi connectivity index (χ0v) is 14.9. The van der Waals surface area contributed by atoms with Gasteiger partial charge in [0, 0.05) is 31.1 Å². The third-order valence-corrected chi connectivity index (χ3v) is 4.97. The second-order valence-electron chi connectivity index (χ2n) is 6.98. The Hall–Kier alpha value is -2.12. The fourth-order valence-electron chi connectivity index (χ4n) is 3.56. The monoisotopic (exact) mass is 346 g/mol. The summed E-state index contributed by atoms with van der Waals surface area (Å²) in [5.41, 5.74) is 7.73. The van der Waals surface area contributed by atoms with Gasteiger partial charge in [0.15, 0.2) is 5.58 Å². The Morgan fingerprint density at radius 1 is 1.28 bits per heavy atom. The normalized spacial score (nSPS) is 24.5. The molecule has 25 heavy (non-hydrogen) atoms. The molecule has 2 unspecified atom stereocenters. The first-order chi connectivity index (χ1) is 12.0. The summed E-state index contributed by atoms with van der Waals surface area (Å²) in [6.45, 7) is 6.53. The van der Waals surface area contributed by atoms with Crippen LogP contribution in [0, 0.1) is 5.92 Å². The van der Waals surface area contributed by atoms with Crippen molar-refractivity contribution in [3.8, 4) is 0 Å². The number of aromatic nitrogens is 1. The third kappa shape index (κ3) is 3.93. The van der Waals surface area contributed by atoms with Crippen LogP contribution >= 0.6 is 0 Å². The van der Waals surface area contributed by atoms with Crippen LogP contribution in [0.5, 0.6) is 0 Å². The lowest BCUT2D eigenvalue weighted by molar-refractivity contribution is -0.122. The Kier molecular flexibility index (Phi) is 5.24. The summed E-state index contributed by atoms with van der Waals surface area (Å²) in [5.74, 6) is 0.0502. The highest BCUT2D eigenvalue weighted by atomic mass is 16.4. The molecule has 3 rings (SSSR count). The molecule has 3 atom stereocenters. The maximum absolute atomic E-state index is 12.2. The zero-order valence-electron chi connectivity index (χ0n) is 14.9. The molecule has 0 spiro atoms. The van der Waals surface area contributed by atoms with Gasteiger partial charge >= 0.3 is 5.76 Å². The summed E-state index contributed by atoms with van der Waals surface area (Å²) in [7, 11) is 0. The van der Waals surface area contributed by atoms with Gasteiger partial charge in [-0.25, -0.2) is 4.79 Å². The Balaban J connectivity index is 1.55. The van der Waals surface area contributed by atoms with E-state index in [4.69, 9.17) is 4.42 Å². The van der Waals surface area contributed by atoms with Gasteiger partial charge in [-0.05, 0) is 45.2 Å². The van der Waals surface area contributed by atoms with Gasteiger partial charge < -0.3 is 9.73 Å². The van der Waals surface area contributed by atoms with Crippen LogP contribution in [0.15, 0.2) is 33.5 Å². The number of carbonyl (C=O) groups is 1. The number of fused-ring (bicyclic) bond motifs is 1. The molecule has 2 heterocycles. The van der Waals surface area contributed by atoms with E-state index in [9.17, 15) is 9.59 Å². The molecule has 136 valence electrons. The molecule has 0 saturated carbocycles. The van der Waals surface area contributed by atoms with Crippen molar-refractivity contribution in [1.29, 1.82) is 0 Å². The van der Waals surface area contributed by atoms with Gasteiger partial charge in [-0.1, -0.05) is 12.1 Å². The highest BCUT2D eigenvalue weighted by molar-refractivity contribution is 5.76. The molecule has 1 aromatic heterocycles. The molecule has 1 saturated heterocycles. The quantitative estimate of drug-likeness (QED) is 0.735. The van der Waals surface area contributed by atoms with Crippen molar-refractivity contribution in [2.75, 3.05) is 0 Å². The first kappa shape index (κ1) is 17.7. The smallest absolute Gasteiger partial charge is 0.408 e. The molecule has 7 nitrogen and oxygen atoms in total. The Morgan fingerprint density at radius 2 is 1.96 bits per heavy atom. The lowest BCUT2D eigenvalue weighted by Gasteiger charge is -2.19. The maximum Gasteiger partial charge on any atom is 0.420 e. The molecule has 3 N–H and O–H groups in total. The summed E-state index contributed by atoms with van der Waals surface area (Å²) in [6.07, 6.45) is 1.31. The van der Waals surface area contributed by atoms with Crippen LogP contribution in [0.4, 0.5) is 0 Å². The van der Waals surface area contributed by atoms with E-state index in [0.717, 1.165) is 11.9 Å². The van der Waals surface area contributed by atoms with Crippen molar-refractivity contribution >= 4 is 17.0 Å². The minimum absolute atomic E-state index is 0.0136. The second kappa shape index (κ2) is 7.41. The van der Waals surface area contributed by atoms with Crippen LogP contribution < -0.4 is 21.9 Å². The van der Waals surface area contributed by atoms with Gasteiger partial charge in [-0.15, -0.1) is 0 Å².